The summed E-state index contributed by atoms with van der Waals surface area (Å²) in [5.41, 5.74) is 0. The Kier molecular flexibility index (Phi) is 4.36. The van der Waals surface area contributed by atoms with Crippen molar-refractivity contribution in [1.29, 1.82) is 0 Å². The van der Waals surface area contributed by atoms with E-state index in [1.807, 2.05) is 11.4 Å². The number of ether oxygens (including phenoxy) is 1. The summed E-state index contributed by atoms with van der Waals surface area (Å²) in [6.45, 7) is 1.16. The summed E-state index contributed by atoms with van der Waals surface area (Å²) in [5.74, 6) is -1.06. The second kappa shape index (κ2) is 5.81. The summed E-state index contributed by atoms with van der Waals surface area (Å²) in [6, 6.07) is 1.42. The second-order valence-electron chi connectivity index (χ2n) is 3.92. The molecule has 5 nitrogen and oxygen atoms in total. The van der Waals surface area contributed by atoms with Crippen molar-refractivity contribution in [2.45, 2.75) is 12.5 Å². The van der Waals surface area contributed by atoms with Crippen molar-refractivity contribution in [3.8, 4) is 0 Å². The molecule has 98 valence electrons. The third-order valence-electron chi connectivity index (χ3n) is 2.71. The molecule has 0 bridgehead atoms. The Morgan fingerprint density at radius 1 is 1.61 bits per heavy atom. The molecule has 1 fully saturated rings. The maximum Gasteiger partial charge on any atom is 0.305 e. The smallest absolute Gasteiger partial charge is 0.305 e. The Labute approximate surface area is 116 Å². The van der Waals surface area contributed by atoms with E-state index in [0.29, 0.717) is 18.0 Å². The number of thiophene rings is 1. The fraction of sp³-hybridized carbons (Fsp3) is 0.455. The van der Waals surface area contributed by atoms with Crippen LogP contribution in [-0.2, 0) is 9.53 Å². The van der Waals surface area contributed by atoms with Gasteiger partial charge in [0.05, 0.1) is 25.7 Å². The molecule has 1 saturated heterocycles. The molecule has 0 saturated carbocycles. The second-order valence-corrected chi connectivity index (χ2v) is 5.69. The Morgan fingerprint density at radius 2 is 2.39 bits per heavy atom. The van der Waals surface area contributed by atoms with Crippen LogP contribution in [0.5, 0.6) is 0 Å². The lowest BCUT2D eigenvalue weighted by Gasteiger charge is -2.34. The Hall–Kier alpha value is -0.920. The zero-order chi connectivity index (χ0) is 13.1. The molecular formula is C11H12BrNO4S. The molecule has 0 aromatic carbocycles. The number of morpholine rings is 1. The van der Waals surface area contributed by atoms with Crippen LogP contribution in [0.15, 0.2) is 15.9 Å². The molecule has 1 aromatic heterocycles. The van der Waals surface area contributed by atoms with Crippen molar-refractivity contribution in [2.75, 3.05) is 19.8 Å². The van der Waals surface area contributed by atoms with Gasteiger partial charge in [0.15, 0.2) is 0 Å². The molecule has 2 rings (SSSR count). The first-order valence-electron chi connectivity index (χ1n) is 5.43. The topological polar surface area (TPSA) is 66.8 Å². The largest absolute Gasteiger partial charge is 0.481 e. The van der Waals surface area contributed by atoms with E-state index in [4.69, 9.17) is 9.84 Å². The zero-order valence-corrected chi connectivity index (χ0v) is 11.9. The minimum absolute atomic E-state index is 0.0886. The monoisotopic (exact) mass is 333 g/mol. The molecule has 7 heteroatoms. The first-order chi connectivity index (χ1) is 8.59. The number of carbonyl (C=O) groups excluding carboxylic acids is 1. The number of carbonyl (C=O) groups is 2. The van der Waals surface area contributed by atoms with Crippen molar-refractivity contribution in [2.24, 2.45) is 0 Å². The summed E-state index contributed by atoms with van der Waals surface area (Å²) in [4.78, 5) is 25.3. The number of hydrogen-bond acceptors (Lipinski definition) is 4. The normalized spacial score (nSPS) is 19.8. The minimum atomic E-state index is -0.923. The number of rotatable bonds is 3. The Balaban J connectivity index is 2.16. The highest BCUT2D eigenvalue weighted by molar-refractivity contribution is 9.10. The van der Waals surface area contributed by atoms with Crippen LogP contribution < -0.4 is 0 Å². The highest BCUT2D eigenvalue weighted by Gasteiger charge is 2.31. The predicted octanol–water partition coefficient (Wildman–Crippen LogP) is 1.83. The Morgan fingerprint density at radius 3 is 3.00 bits per heavy atom. The molecule has 0 spiro atoms. The third-order valence-corrected chi connectivity index (χ3v) is 4.54. The maximum absolute atomic E-state index is 12.3. The summed E-state index contributed by atoms with van der Waals surface area (Å²) < 4.78 is 5.99. The van der Waals surface area contributed by atoms with Crippen LogP contribution in [0.3, 0.4) is 0 Å². The van der Waals surface area contributed by atoms with Crippen LogP contribution in [0, 0.1) is 0 Å². The van der Waals surface area contributed by atoms with E-state index in [2.05, 4.69) is 15.9 Å². The predicted molar refractivity (Wildman–Crippen MR) is 69.9 cm³/mol. The van der Waals surface area contributed by atoms with E-state index < -0.39 is 12.0 Å². The van der Waals surface area contributed by atoms with Crippen LogP contribution in [0.4, 0.5) is 0 Å². The van der Waals surface area contributed by atoms with E-state index >= 15 is 0 Å². The van der Waals surface area contributed by atoms with Crippen molar-refractivity contribution in [1.82, 2.24) is 4.90 Å². The zero-order valence-electron chi connectivity index (χ0n) is 9.47. The fourth-order valence-electron chi connectivity index (χ4n) is 1.87. The van der Waals surface area contributed by atoms with Crippen molar-refractivity contribution >= 4 is 39.1 Å². The quantitative estimate of drug-likeness (QED) is 0.916. The lowest BCUT2D eigenvalue weighted by Crippen LogP contribution is -2.49. The van der Waals surface area contributed by atoms with Gasteiger partial charge >= 0.3 is 5.97 Å². The fourth-order valence-corrected chi connectivity index (χ4v) is 3.37. The molecule has 1 N–H and O–H groups in total. The summed E-state index contributed by atoms with van der Waals surface area (Å²) >= 11 is 4.67. The van der Waals surface area contributed by atoms with Gasteiger partial charge in [-0.2, -0.15) is 0 Å². The number of halogens is 1. The van der Waals surface area contributed by atoms with Gasteiger partial charge in [0, 0.05) is 11.0 Å². The van der Waals surface area contributed by atoms with E-state index in [-0.39, 0.29) is 18.9 Å². The number of carboxylic acid groups (broad SMARTS) is 1. The van der Waals surface area contributed by atoms with Gasteiger partial charge in [0.1, 0.15) is 4.88 Å². The molecule has 18 heavy (non-hydrogen) atoms. The van der Waals surface area contributed by atoms with Crippen LogP contribution in [-0.4, -0.2) is 47.7 Å². The standard InChI is InChI=1S/C11H12BrNO4S/c12-8-1-4-18-10(8)11(16)13-2-3-17-6-7(13)5-9(14)15/h1,4,7H,2-3,5-6H2,(H,14,15). The van der Waals surface area contributed by atoms with E-state index in [1.165, 1.54) is 11.3 Å². The van der Waals surface area contributed by atoms with Crippen LogP contribution >= 0.6 is 27.3 Å². The van der Waals surface area contributed by atoms with Gasteiger partial charge in [0.2, 0.25) is 0 Å². The Bertz CT molecular complexity index is 462. The van der Waals surface area contributed by atoms with Gasteiger partial charge in [-0.25, -0.2) is 0 Å². The lowest BCUT2D eigenvalue weighted by atomic mass is 10.1. The van der Waals surface area contributed by atoms with Crippen LogP contribution in [0.1, 0.15) is 16.1 Å². The molecule has 1 unspecified atom stereocenters. The van der Waals surface area contributed by atoms with Crippen molar-refractivity contribution < 1.29 is 19.4 Å². The number of nitrogens with zero attached hydrogens (tertiary/aromatic N) is 1. The van der Waals surface area contributed by atoms with Crippen LogP contribution in [0.2, 0.25) is 0 Å². The average Bonchev–Trinajstić information content (AvgIpc) is 2.74. The van der Waals surface area contributed by atoms with Crippen molar-refractivity contribution in [3.63, 3.8) is 0 Å². The molecule has 1 aliphatic heterocycles. The summed E-state index contributed by atoms with van der Waals surface area (Å²) in [6.07, 6.45) is -0.0886. The van der Waals surface area contributed by atoms with Crippen LogP contribution in [0.25, 0.3) is 0 Å². The highest BCUT2D eigenvalue weighted by Crippen LogP contribution is 2.26. The number of hydrogen-bond donors (Lipinski definition) is 1. The molecule has 1 aromatic rings. The number of aliphatic carboxylic acids is 1. The number of amides is 1. The average molecular weight is 334 g/mol. The van der Waals surface area contributed by atoms with Gasteiger partial charge in [-0.05, 0) is 27.4 Å². The van der Waals surface area contributed by atoms with E-state index in [9.17, 15) is 9.59 Å². The molecule has 0 aliphatic carbocycles. The van der Waals surface area contributed by atoms with Gasteiger partial charge in [-0.15, -0.1) is 11.3 Å². The molecule has 2 heterocycles. The molecular weight excluding hydrogens is 322 g/mol. The number of carboxylic acids is 1. The first-order valence-corrected chi connectivity index (χ1v) is 7.10. The first kappa shape index (κ1) is 13.5. The molecule has 1 amide bonds. The molecule has 1 atom stereocenters. The lowest BCUT2D eigenvalue weighted by molar-refractivity contribution is -0.139. The van der Waals surface area contributed by atoms with Gasteiger partial charge in [-0.1, -0.05) is 0 Å². The minimum Gasteiger partial charge on any atom is -0.481 e. The molecule has 0 radical (unpaired) electrons. The third kappa shape index (κ3) is 2.90. The maximum atomic E-state index is 12.3. The SMILES string of the molecule is O=C(O)CC1COCCN1C(=O)c1sccc1Br. The highest BCUT2D eigenvalue weighted by atomic mass is 79.9. The van der Waals surface area contributed by atoms with Gasteiger partial charge < -0.3 is 14.7 Å². The molecule has 1 aliphatic rings. The summed E-state index contributed by atoms with van der Waals surface area (Å²) in [7, 11) is 0. The van der Waals surface area contributed by atoms with Crippen molar-refractivity contribution in [3.05, 3.63) is 20.8 Å². The van der Waals surface area contributed by atoms with E-state index in [0.717, 1.165) is 4.47 Å². The van der Waals surface area contributed by atoms with Gasteiger partial charge in [-0.3, -0.25) is 9.59 Å². The van der Waals surface area contributed by atoms with Gasteiger partial charge in [0.25, 0.3) is 5.91 Å². The summed E-state index contributed by atoms with van der Waals surface area (Å²) in [5, 5.41) is 10.7. The van der Waals surface area contributed by atoms with E-state index in [1.54, 1.807) is 4.90 Å².